The average Bonchev–Trinajstić information content (AvgIpc) is 2.56. The molecule has 0 fully saturated rings. The molecular weight excluding hydrogens is 352 g/mol. The normalized spacial score (nSPS) is 24.8. The van der Waals surface area contributed by atoms with Crippen LogP contribution in [0.5, 0.6) is 11.5 Å². The van der Waals surface area contributed by atoms with Crippen molar-refractivity contribution in [2.24, 2.45) is 0 Å². The number of hydrogen-bond acceptors (Lipinski definition) is 7. The van der Waals surface area contributed by atoms with Crippen molar-refractivity contribution in [2.75, 3.05) is 6.61 Å². The van der Waals surface area contributed by atoms with Gasteiger partial charge in [0.15, 0.2) is 5.78 Å². The molecule has 0 aromatic heterocycles. The fourth-order valence-corrected chi connectivity index (χ4v) is 2.47. The third-order valence-electron chi connectivity index (χ3n) is 3.58. The highest BCUT2D eigenvalue weighted by atomic mass is 35.5. The van der Waals surface area contributed by atoms with Gasteiger partial charge in [-0.25, -0.2) is 4.79 Å². The van der Waals surface area contributed by atoms with Crippen molar-refractivity contribution in [3.8, 4) is 11.5 Å². The van der Waals surface area contributed by atoms with Gasteiger partial charge in [-0.05, 0) is 18.9 Å². The Morgan fingerprint density at radius 1 is 1.08 bits per heavy atom. The molecule has 8 heteroatoms. The van der Waals surface area contributed by atoms with E-state index in [4.69, 9.17) is 16.3 Å². The van der Waals surface area contributed by atoms with Crippen LogP contribution in [0.25, 0.3) is 6.08 Å². The second kappa shape index (κ2) is 8.15. The minimum atomic E-state index is -1.60. The van der Waals surface area contributed by atoms with Crippen LogP contribution in [0.1, 0.15) is 28.8 Å². The number of benzene rings is 1. The molecule has 0 spiro atoms. The molecule has 1 heterocycles. The Morgan fingerprint density at radius 3 is 2.52 bits per heavy atom. The zero-order chi connectivity index (χ0) is 18.6. The third-order valence-corrected chi connectivity index (χ3v) is 3.98. The summed E-state index contributed by atoms with van der Waals surface area (Å²) in [6, 6.07) is 0.927. The molecule has 0 saturated carbocycles. The summed E-state index contributed by atoms with van der Waals surface area (Å²) in [6.07, 6.45) is 2.26. The molecule has 0 saturated heterocycles. The maximum atomic E-state index is 12.2. The molecule has 1 aliphatic heterocycles. The van der Waals surface area contributed by atoms with Gasteiger partial charge in [0, 0.05) is 11.6 Å². The van der Waals surface area contributed by atoms with E-state index in [0.717, 1.165) is 12.1 Å². The number of rotatable bonds is 0. The van der Waals surface area contributed by atoms with Gasteiger partial charge in [0.25, 0.3) is 0 Å². The molecule has 0 radical (unpaired) electrons. The van der Waals surface area contributed by atoms with Crippen LogP contribution in [0, 0.1) is 0 Å². The smallest absolute Gasteiger partial charge is 0.342 e. The van der Waals surface area contributed by atoms with E-state index >= 15 is 0 Å². The van der Waals surface area contributed by atoms with Crippen molar-refractivity contribution in [2.45, 2.75) is 25.0 Å². The lowest BCUT2D eigenvalue weighted by Crippen LogP contribution is -2.32. The second-order valence-corrected chi connectivity index (χ2v) is 5.78. The summed E-state index contributed by atoms with van der Waals surface area (Å²) in [5.41, 5.74) is -0.226. The van der Waals surface area contributed by atoms with Gasteiger partial charge < -0.3 is 25.2 Å². The number of halogens is 1. The molecule has 2 atom stereocenters. The lowest BCUT2D eigenvalue weighted by atomic mass is 10.0. The van der Waals surface area contributed by atoms with Crippen molar-refractivity contribution < 1.29 is 34.8 Å². The Hall–Kier alpha value is -2.35. The van der Waals surface area contributed by atoms with Crippen molar-refractivity contribution in [3.05, 3.63) is 40.4 Å². The number of fused-ring (bicyclic) bond motifs is 1. The molecule has 0 amide bonds. The van der Waals surface area contributed by atoms with Crippen LogP contribution in [-0.4, -0.2) is 51.0 Å². The summed E-state index contributed by atoms with van der Waals surface area (Å²) < 4.78 is 5.02. The minimum absolute atomic E-state index is 0.00443. The van der Waals surface area contributed by atoms with E-state index < -0.39 is 35.5 Å². The first-order valence-corrected chi connectivity index (χ1v) is 7.85. The molecule has 25 heavy (non-hydrogen) atoms. The number of carbonyl (C=O) groups excluding carboxylic acids is 2. The maximum Gasteiger partial charge on any atom is 0.342 e. The van der Waals surface area contributed by atoms with E-state index in [0.29, 0.717) is 0 Å². The first-order valence-electron chi connectivity index (χ1n) is 7.47. The van der Waals surface area contributed by atoms with Gasteiger partial charge >= 0.3 is 5.97 Å². The summed E-state index contributed by atoms with van der Waals surface area (Å²) in [5, 5.41) is 39.1. The number of phenols is 2. The number of aliphatic hydroxyl groups excluding tert-OH is 2. The largest absolute Gasteiger partial charge is 0.507 e. The Bertz CT molecular complexity index is 739. The Morgan fingerprint density at radius 2 is 1.80 bits per heavy atom. The van der Waals surface area contributed by atoms with Gasteiger partial charge in [0.05, 0.1) is 17.7 Å². The summed E-state index contributed by atoms with van der Waals surface area (Å²) in [6.45, 7) is -0.0810. The van der Waals surface area contributed by atoms with E-state index in [-0.39, 0.29) is 35.6 Å². The molecule has 0 aliphatic carbocycles. The lowest BCUT2D eigenvalue weighted by Gasteiger charge is -2.15. The van der Waals surface area contributed by atoms with Gasteiger partial charge in [0.1, 0.15) is 23.2 Å². The standard InChI is InChI=1S/C17H17ClO7/c18-15-9-4-3-6-11(20)16(23)10(19)5-1-2-7-25-17(24)14(9)12(21)8-13(15)22/h1,3-5,8,11,16,20-23H,2,6-7H2/b4-3+,5-1-/t11-,16+/m0/s1. The molecule has 0 bridgehead atoms. The van der Waals surface area contributed by atoms with E-state index in [9.17, 15) is 30.0 Å². The molecule has 1 aromatic carbocycles. The van der Waals surface area contributed by atoms with Crippen molar-refractivity contribution in [1.29, 1.82) is 0 Å². The summed E-state index contributed by atoms with van der Waals surface area (Å²) in [4.78, 5) is 23.9. The van der Waals surface area contributed by atoms with Crippen LogP contribution < -0.4 is 0 Å². The number of aromatic hydroxyl groups is 2. The molecule has 134 valence electrons. The minimum Gasteiger partial charge on any atom is -0.507 e. The topological polar surface area (TPSA) is 124 Å². The number of hydrogen-bond donors (Lipinski definition) is 4. The number of ketones is 1. The first kappa shape index (κ1) is 19.0. The van der Waals surface area contributed by atoms with Gasteiger partial charge in [0.2, 0.25) is 0 Å². The number of carbonyl (C=O) groups is 2. The Balaban J connectivity index is 2.46. The van der Waals surface area contributed by atoms with E-state index in [2.05, 4.69) is 0 Å². The molecule has 1 aromatic rings. The van der Waals surface area contributed by atoms with Crippen molar-refractivity contribution >= 4 is 29.4 Å². The third kappa shape index (κ3) is 4.39. The van der Waals surface area contributed by atoms with Crippen molar-refractivity contribution in [3.63, 3.8) is 0 Å². The monoisotopic (exact) mass is 368 g/mol. The number of cyclic esters (lactones) is 1. The zero-order valence-electron chi connectivity index (χ0n) is 13.1. The highest BCUT2D eigenvalue weighted by Crippen LogP contribution is 2.37. The van der Waals surface area contributed by atoms with Crippen LogP contribution in [0.15, 0.2) is 24.3 Å². The number of ether oxygens (including phenoxy) is 1. The van der Waals surface area contributed by atoms with Gasteiger partial charge in [-0.15, -0.1) is 0 Å². The van der Waals surface area contributed by atoms with Gasteiger partial charge in [-0.3, -0.25) is 4.79 Å². The molecule has 1 aliphatic rings. The average molecular weight is 369 g/mol. The highest BCUT2D eigenvalue weighted by Gasteiger charge is 2.24. The lowest BCUT2D eigenvalue weighted by molar-refractivity contribution is -0.127. The van der Waals surface area contributed by atoms with Crippen molar-refractivity contribution in [1.82, 2.24) is 0 Å². The zero-order valence-corrected chi connectivity index (χ0v) is 13.8. The second-order valence-electron chi connectivity index (χ2n) is 5.40. The fraction of sp³-hybridized carbons (Fsp3) is 0.294. The number of phenolic OH excluding ortho intramolecular Hbond substituents is 2. The van der Waals surface area contributed by atoms with Crippen LogP contribution in [0.2, 0.25) is 5.02 Å². The van der Waals surface area contributed by atoms with Crippen LogP contribution >= 0.6 is 11.6 Å². The number of esters is 1. The predicted octanol–water partition coefficient (Wildman–Crippen LogP) is 1.56. The molecular formula is C17H17ClO7. The fourth-order valence-electron chi connectivity index (χ4n) is 2.26. The molecule has 7 nitrogen and oxygen atoms in total. The van der Waals surface area contributed by atoms with E-state index in [1.165, 1.54) is 18.2 Å². The van der Waals surface area contributed by atoms with E-state index in [1.54, 1.807) is 0 Å². The summed E-state index contributed by atoms with van der Waals surface area (Å²) in [7, 11) is 0. The van der Waals surface area contributed by atoms with Crippen LogP contribution in [0.3, 0.4) is 0 Å². The Kier molecular flexibility index (Phi) is 6.19. The molecule has 0 unspecified atom stereocenters. The quantitative estimate of drug-likeness (QED) is 0.512. The first-order chi connectivity index (χ1) is 11.8. The maximum absolute atomic E-state index is 12.2. The van der Waals surface area contributed by atoms with Gasteiger partial charge in [-0.1, -0.05) is 29.8 Å². The van der Waals surface area contributed by atoms with E-state index in [1.807, 2.05) is 0 Å². The summed E-state index contributed by atoms with van der Waals surface area (Å²) in [5.74, 6) is -2.46. The van der Waals surface area contributed by atoms with Crippen LogP contribution in [0.4, 0.5) is 0 Å². The Labute approximate surface area is 148 Å². The molecule has 2 rings (SSSR count). The SMILES string of the molecule is O=C1OCC/C=C\C(=O)[C@@H](O)[C@@H](O)C/C=C/c2c(Cl)c(O)cc(O)c21. The molecule has 4 N–H and O–H groups in total. The predicted molar refractivity (Wildman–Crippen MR) is 89.5 cm³/mol. The summed E-state index contributed by atoms with van der Waals surface area (Å²) >= 11 is 5.99. The van der Waals surface area contributed by atoms with Crippen LogP contribution in [-0.2, 0) is 9.53 Å². The highest BCUT2D eigenvalue weighted by molar-refractivity contribution is 6.34. The number of aliphatic hydroxyl groups is 2. The van der Waals surface area contributed by atoms with Gasteiger partial charge in [-0.2, -0.15) is 0 Å².